The third kappa shape index (κ3) is 4.72. The van der Waals surface area contributed by atoms with Gasteiger partial charge in [-0.15, -0.1) is 10.2 Å². The van der Waals surface area contributed by atoms with E-state index in [1.807, 2.05) is 15.5 Å². The van der Waals surface area contributed by atoms with Crippen molar-refractivity contribution in [2.75, 3.05) is 50.0 Å². The van der Waals surface area contributed by atoms with Gasteiger partial charge in [0.25, 0.3) is 0 Å². The highest BCUT2D eigenvalue weighted by Gasteiger charge is 2.24. The van der Waals surface area contributed by atoms with Gasteiger partial charge in [0, 0.05) is 26.2 Å². The molecule has 1 amide bonds. The van der Waals surface area contributed by atoms with Gasteiger partial charge in [-0.05, 0) is 37.0 Å². The van der Waals surface area contributed by atoms with Crippen LogP contribution in [0.25, 0.3) is 5.69 Å². The van der Waals surface area contributed by atoms with Crippen LogP contribution in [0.4, 0.5) is 10.3 Å². The Morgan fingerprint density at radius 3 is 2.69 bits per heavy atom. The zero-order valence-electron chi connectivity index (χ0n) is 16.6. The van der Waals surface area contributed by atoms with Crippen molar-refractivity contribution >= 4 is 23.6 Å². The Morgan fingerprint density at radius 1 is 1.21 bits per heavy atom. The molecular formula is C20H26FN5O2S. The number of halogens is 1. The fourth-order valence-corrected chi connectivity index (χ4v) is 4.49. The second-order valence-electron chi connectivity index (χ2n) is 7.55. The van der Waals surface area contributed by atoms with Gasteiger partial charge in [0.2, 0.25) is 11.9 Å². The Balaban J connectivity index is 1.54. The normalized spacial score (nSPS) is 18.3. The number of carbonyl (C=O) groups is 1. The molecule has 0 radical (unpaired) electrons. The summed E-state index contributed by atoms with van der Waals surface area (Å²) in [5.41, 5.74) is 0.651. The van der Waals surface area contributed by atoms with Crippen molar-refractivity contribution in [1.29, 1.82) is 0 Å². The van der Waals surface area contributed by atoms with Crippen molar-refractivity contribution in [1.82, 2.24) is 19.7 Å². The minimum absolute atomic E-state index is 0.114. The van der Waals surface area contributed by atoms with Crippen LogP contribution in [0.1, 0.15) is 19.8 Å². The van der Waals surface area contributed by atoms with E-state index >= 15 is 0 Å². The third-order valence-corrected chi connectivity index (χ3v) is 6.35. The van der Waals surface area contributed by atoms with Crippen molar-refractivity contribution < 1.29 is 13.9 Å². The molecule has 1 aromatic heterocycles. The molecule has 1 aromatic carbocycles. The Labute approximate surface area is 174 Å². The maximum absolute atomic E-state index is 13.9. The van der Waals surface area contributed by atoms with Crippen molar-refractivity contribution in [3.63, 3.8) is 0 Å². The Morgan fingerprint density at radius 2 is 1.97 bits per heavy atom. The second-order valence-corrected chi connectivity index (χ2v) is 8.49. The van der Waals surface area contributed by atoms with E-state index in [9.17, 15) is 9.18 Å². The van der Waals surface area contributed by atoms with Crippen molar-refractivity contribution in [3.8, 4) is 5.69 Å². The predicted molar refractivity (Wildman–Crippen MR) is 110 cm³/mol. The first-order valence-electron chi connectivity index (χ1n) is 10.1. The van der Waals surface area contributed by atoms with Gasteiger partial charge in [-0.1, -0.05) is 24.8 Å². The molecule has 2 aliphatic rings. The number of rotatable bonds is 5. The molecule has 0 atom stereocenters. The summed E-state index contributed by atoms with van der Waals surface area (Å²) in [7, 11) is 0. The van der Waals surface area contributed by atoms with Crippen LogP contribution >= 0.6 is 11.8 Å². The van der Waals surface area contributed by atoms with E-state index in [-0.39, 0.29) is 11.7 Å². The lowest BCUT2D eigenvalue weighted by Gasteiger charge is -2.30. The zero-order chi connectivity index (χ0) is 20.2. The molecule has 4 rings (SSSR count). The molecule has 0 saturated carbocycles. The molecule has 3 heterocycles. The first-order valence-corrected chi connectivity index (χ1v) is 11.0. The molecular weight excluding hydrogens is 393 g/mol. The van der Waals surface area contributed by atoms with Gasteiger partial charge in [0.05, 0.1) is 24.7 Å². The topological polar surface area (TPSA) is 63.5 Å². The number of benzene rings is 1. The van der Waals surface area contributed by atoms with Gasteiger partial charge < -0.3 is 14.5 Å². The van der Waals surface area contributed by atoms with Crippen LogP contribution in [0.3, 0.4) is 0 Å². The second kappa shape index (κ2) is 9.13. The van der Waals surface area contributed by atoms with E-state index in [1.165, 1.54) is 23.9 Å². The minimum atomic E-state index is -0.321. The molecule has 0 bridgehead atoms. The zero-order valence-corrected chi connectivity index (χ0v) is 17.4. The first-order chi connectivity index (χ1) is 14.1. The minimum Gasteiger partial charge on any atom is -0.378 e. The van der Waals surface area contributed by atoms with Gasteiger partial charge in [-0.2, -0.15) is 0 Å². The summed E-state index contributed by atoms with van der Waals surface area (Å²) in [5, 5.41) is 9.28. The lowest BCUT2D eigenvalue weighted by molar-refractivity contribution is -0.129. The van der Waals surface area contributed by atoms with Crippen LogP contribution in [0.15, 0.2) is 29.4 Å². The van der Waals surface area contributed by atoms with Crippen LogP contribution < -0.4 is 4.90 Å². The van der Waals surface area contributed by atoms with Crippen LogP contribution in [0, 0.1) is 11.7 Å². The Kier molecular flexibility index (Phi) is 6.34. The fraction of sp³-hybridized carbons (Fsp3) is 0.550. The number of anilines is 1. The fourth-order valence-electron chi connectivity index (χ4n) is 3.64. The number of amides is 1. The largest absolute Gasteiger partial charge is 0.378 e. The van der Waals surface area contributed by atoms with E-state index < -0.39 is 0 Å². The molecule has 0 unspecified atom stereocenters. The molecule has 0 spiro atoms. The Bertz CT molecular complexity index is 847. The van der Waals surface area contributed by atoms with Gasteiger partial charge in [0.1, 0.15) is 5.82 Å². The average molecular weight is 420 g/mol. The smallest absolute Gasteiger partial charge is 0.233 e. The third-order valence-electron chi connectivity index (χ3n) is 5.44. The summed E-state index contributed by atoms with van der Waals surface area (Å²) in [4.78, 5) is 16.7. The average Bonchev–Trinajstić information content (AvgIpc) is 3.17. The highest BCUT2D eigenvalue weighted by Crippen LogP contribution is 2.28. The van der Waals surface area contributed by atoms with Gasteiger partial charge in [0.15, 0.2) is 5.16 Å². The number of likely N-dealkylation sites (tertiary alicyclic amines) is 1. The molecule has 2 aromatic rings. The number of ether oxygens (including phenoxy) is 1. The van der Waals surface area contributed by atoms with Gasteiger partial charge in [-0.25, -0.2) is 4.39 Å². The molecule has 156 valence electrons. The van der Waals surface area contributed by atoms with Crippen molar-refractivity contribution in [2.45, 2.75) is 24.9 Å². The molecule has 2 aliphatic heterocycles. The number of carbonyl (C=O) groups excluding carboxylic acids is 1. The summed E-state index contributed by atoms with van der Waals surface area (Å²) in [5.74, 6) is 1.42. The summed E-state index contributed by atoms with van der Waals surface area (Å²) in [6.07, 6.45) is 2.11. The maximum Gasteiger partial charge on any atom is 0.233 e. The van der Waals surface area contributed by atoms with Crippen molar-refractivity contribution in [3.05, 3.63) is 30.1 Å². The highest BCUT2D eigenvalue weighted by atomic mass is 32.2. The summed E-state index contributed by atoms with van der Waals surface area (Å²) in [6, 6.07) is 6.37. The van der Waals surface area contributed by atoms with E-state index in [4.69, 9.17) is 4.74 Å². The number of morpholine rings is 1. The molecule has 0 aliphatic carbocycles. The SMILES string of the molecule is CC1CCN(C(=O)CSc2nnc(N3CCOCC3)n2-c2cccc(F)c2)CC1. The van der Waals surface area contributed by atoms with E-state index in [0.29, 0.717) is 54.8 Å². The number of piperidine rings is 1. The molecule has 2 fully saturated rings. The quantitative estimate of drug-likeness (QED) is 0.695. The van der Waals surface area contributed by atoms with Gasteiger partial charge in [-0.3, -0.25) is 9.36 Å². The molecule has 29 heavy (non-hydrogen) atoms. The summed E-state index contributed by atoms with van der Waals surface area (Å²) >= 11 is 1.35. The maximum atomic E-state index is 13.9. The number of nitrogens with zero attached hydrogens (tertiary/aromatic N) is 5. The van der Waals surface area contributed by atoms with Crippen molar-refractivity contribution in [2.24, 2.45) is 5.92 Å². The van der Waals surface area contributed by atoms with E-state index in [1.54, 1.807) is 6.07 Å². The van der Waals surface area contributed by atoms with Crippen LogP contribution in [-0.4, -0.2) is 70.7 Å². The Hall–Kier alpha value is -2.13. The predicted octanol–water partition coefficient (Wildman–Crippen LogP) is 2.59. The highest BCUT2D eigenvalue weighted by molar-refractivity contribution is 7.99. The van der Waals surface area contributed by atoms with Crippen LogP contribution in [0.2, 0.25) is 0 Å². The monoisotopic (exact) mass is 419 g/mol. The summed E-state index contributed by atoms with van der Waals surface area (Å²) in [6.45, 7) is 6.48. The van der Waals surface area contributed by atoms with Gasteiger partial charge >= 0.3 is 0 Å². The number of hydrogen-bond donors (Lipinski definition) is 0. The first kappa shape index (κ1) is 20.2. The number of thioether (sulfide) groups is 1. The summed E-state index contributed by atoms with van der Waals surface area (Å²) < 4.78 is 21.2. The van der Waals surface area contributed by atoms with E-state index in [2.05, 4.69) is 22.0 Å². The molecule has 7 nitrogen and oxygen atoms in total. The van der Waals surface area contributed by atoms with Crippen LogP contribution in [0.5, 0.6) is 0 Å². The molecule has 0 N–H and O–H groups in total. The van der Waals surface area contributed by atoms with E-state index in [0.717, 1.165) is 25.9 Å². The lowest BCUT2D eigenvalue weighted by Crippen LogP contribution is -2.39. The number of aromatic nitrogens is 3. The number of hydrogen-bond acceptors (Lipinski definition) is 6. The molecule has 9 heteroatoms. The molecule has 2 saturated heterocycles. The standard InChI is InChI=1S/C20H26FN5O2S/c1-15-5-7-24(8-6-15)18(27)14-29-20-23-22-19(25-9-11-28-12-10-25)26(20)17-4-2-3-16(21)13-17/h2-4,13,15H,5-12,14H2,1H3. The lowest BCUT2D eigenvalue weighted by atomic mass is 9.99. The van der Waals surface area contributed by atoms with Crippen LogP contribution in [-0.2, 0) is 9.53 Å².